The molecule has 4 heteroatoms. The third-order valence-corrected chi connectivity index (χ3v) is 5.06. The Hall–Kier alpha value is -0.160. The van der Waals surface area contributed by atoms with Crippen LogP contribution in [-0.4, -0.2) is 55.6 Å². The Bertz CT molecular complexity index is 289. The van der Waals surface area contributed by atoms with Gasteiger partial charge in [0.05, 0.1) is 13.2 Å². The molecule has 4 nitrogen and oxygen atoms in total. The Balaban J connectivity index is 1.38. The molecule has 1 saturated carbocycles. The molecule has 3 fully saturated rings. The van der Waals surface area contributed by atoms with Crippen LogP contribution in [0.2, 0.25) is 0 Å². The van der Waals surface area contributed by atoms with Crippen LogP contribution in [0, 0.1) is 0 Å². The van der Waals surface area contributed by atoms with E-state index in [-0.39, 0.29) is 5.79 Å². The van der Waals surface area contributed by atoms with Crippen molar-refractivity contribution < 1.29 is 9.47 Å². The van der Waals surface area contributed by atoms with Gasteiger partial charge in [-0.05, 0) is 45.7 Å². The third kappa shape index (κ3) is 3.73. The topological polar surface area (TPSA) is 33.7 Å². The summed E-state index contributed by atoms with van der Waals surface area (Å²) >= 11 is 0. The quantitative estimate of drug-likeness (QED) is 0.856. The zero-order valence-electron chi connectivity index (χ0n) is 12.9. The molecular formula is C16H30N2O2. The monoisotopic (exact) mass is 282 g/mol. The molecule has 116 valence electrons. The van der Waals surface area contributed by atoms with Crippen LogP contribution in [0.1, 0.15) is 51.9 Å². The first-order chi connectivity index (χ1) is 9.76. The summed E-state index contributed by atoms with van der Waals surface area (Å²) in [6.07, 6.45) is 8.67. The molecule has 0 bridgehead atoms. The summed E-state index contributed by atoms with van der Waals surface area (Å²) in [6, 6.07) is 1.24. The number of nitrogens with one attached hydrogen (secondary N) is 1. The normalized spacial score (nSPS) is 29.9. The second kappa shape index (κ2) is 6.73. The maximum atomic E-state index is 5.80. The van der Waals surface area contributed by atoms with Crippen LogP contribution < -0.4 is 5.32 Å². The Morgan fingerprint density at radius 2 is 1.75 bits per heavy atom. The summed E-state index contributed by atoms with van der Waals surface area (Å²) in [4.78, 5) is 2.62. The van der Waals surface area contributed by atoms with Crippen molar-refractivity contribution in [1.29, 1.82) is 0 Å². The highest BCUT2D eigenvalue weighted by Gasteiger charge is 2.40. The van der Waals surface area contributed by atoms with E-state index in [4.69, 9.17) is 9.47 Å². The van der Waals surface area contributed by atoms with E-state index in [0.29, 0.717) is 12.1 Å². The summed E-state index contributed by atoms with van der Waals surface area (Å²) in [7, 11) is 0. The van der Waals surface area contributed by atoms with Gasteiger partial charge in [0, 0.05) is 31.5 Å². The molecule has 1 atom stereocenters. The first-order valence-corrected chi connectivity index (χ1v) is 8.52. The number of hydrogen-bond acceptors (Lipinski definition) is 4. The van der Waals surface area contributed by atoms with Crippen LogP contribution >= 0.6 is 0 Å². The van der Waals surface area contributed by atoms with E-state index in [1.807, 2.05) is 0 Å². The van der Waals surface area contributed by atoms with Gasteiger partial charge in [-0.15, -0.1) is 0 Å². The summed E-state index contributed by atoms with van der Waals surface area (Å²) in [6.45, 7) is 7.69. The van der Waals surface area contributed by atoms with E-state index in [1.165, 1.54) is 51.7 Å². The van der Waals surface area contributed by atoms with Crippen molar-refractivity contribution in [2.45, 2.75) is 69.7 Å². The lowest BCUT2D eigenvalue weighted by molar-refractivity contribution is -0.179. The second-order valence-electron chi connectivity index (χ2n) is 6.81. The molecule has 0 aromatic heterocycles. The zero-order chi connectivity index (χ0) is 13.8. The van der Waals surface area contributed by atoms with Crippen LogP contribution in [0.3, 0.4) is 0 Å². The highest BCUT2D eigenvalue weighted by Crippen LogP contribution is 2.35. The van der Waals surface area contributed by atoms with E-state index in [2.05, 4.69) is 17.1 Å². The average Bonchev–Trinajstić information content (AvgIpc) is 2.91. The van der Waals surface area contributed by atoms with Gasteiger partial charge in [0.2, 0.25) is 0 Å². The Kier molecular flexibility index (Phi) is 4.97. The van der Waals surface area contributed by atoms with Gasteiger partial charge >= 0.3 is 0 Å². The molecule has 0 aromatic rings. The largest absolute Gasteiger partial charge is 0.348 e. The maximum absolute atomic E-state index is 5.80. The SMILES string of the molecule is CC(CN1CCCCC1)NC1CCC2(CC1)OCCO2. The predicted octanol–water partition coefficient (Wildman–Crippen LogP) is 2.14. The summed E-state index contributed by atoms with van der Waals surface area (Å²) < 4.78 is 11.6. The molecule has 2 heterocycles. The fourth-order valence-corrected chi connectivity index (χ4v) is 3.99. The van der Waals surface area contributed by atoms with E-state index in [9.17, 15) is 0 Å². The minimum atomic E-state index is -0.214. The molecule has 1 N–H and O–H groups in total. The summed E-state index contributed by atoms with van der Waals surface area (Å²) in [5.41, 5.74) is 0. The molecule has 0 radical (unpaired) electrons. The van der Waals surface area contributed by atoms with Crippen LogP contribution in [0.5, 0.6) is 0 Å². The number of likely N-dealkylation sites (tertiary alicyclic amines) is 1. The fraction of sp³-hybridized carbons (Fsp3) is 1.00. The molecule has 1 spiro atoms. The molecule has 0 aromatic carbocycles. The van der Waals surface area contributed by atoms with E-state index in [1.54, 1.807) is 0 Å². The average molecular weight is 282 g/mol. The van der Waals surface area contributed by atoms with E-state index >= 15 is 0 Å². The van der Waals surface area contributed by atoms with Gasteiger partial charge in [-0.2, -0.15) is 0 Å². The van der Waals surface area contributed by atoms with Gasteiger partial charge in [0.15, 0.2) is 5.79 Å². The predicted molar refractivity (Wildman–Crippen MR) is 79.8 cm³/mol. The molecule has 2 aliphatic heterocycles. The van der Waals surface area contributed by atoms with Crippen LogP contribution in [-0.2, 0) is 9.47 Å². The molecule has 3 aliphatic rings. The van der Waals surface area contributed by atoms with E-state index < -0.39 is 0 Å². The summed E-state index contributed by atoms with van der Waals surface area (Å²) in [5.74, 6) is -0.214. The van der Waals surface area contributed by atoms with Crippen molar-refractivity contribution in [2.24, 2.45) is 0 Å². The maximum Gasteiger partial charge on any atom is 0.168 e. The standard InChI is InChI=1S/C16H30N2O2/c1-14(13-18-9-3-2-4-10-18)17-15-5-7-16(8-6-15)19-11-12-20-16/h14-15,17H,2-13H2,1H3. The lowest BCUT2D eigenvalue weighted by atomic mass is 9.89. The van der Waals surface area contributed by atoms with Gasteiger partial charge in [-0.25, -0.2) is 0 Å². The summed E-state index contributed by atoms with van der Waals surface area (Å²) in [5, 5.41) is 3.82. The highest BCUT2D eigenvalue weighted by atomic mass is 16.7. The number of nitrogens with zero attached hydrogens (tertiary/aromatic N) is 1. The van der Waals surface area contributed by atoms with Gasteiger partial charge < -0.3 is 19.7 Å². The third-order valence-electron chi connectivity index (χ3n) is 5.06. The van der Waals surface area contributed by atoms with Crippen molar-refractivity contribution in [3.8, 4) is 0 Å². The number of hydrogen-bond donors (Lipinski definition) is 1. The minimum Gasteiger partial charge on any atom is -0.348 e. The van der Waals surface area contributed by atoms with Crippen molar-refractivity contribution in [1.82, 2.24) is 10.2 Å². The fourth-order valence-electron chi connectivity index (χ4n) is 3.99. The van der Waals surface area contributed by atoms with E-state index in [0.717, 1.165) is 26.1 Å². The van der Waals surface area contributed by atoms with Gasteiger partial charge in [-0.3, -0.25) is 0 Å². The van der Waals surface area contributed by atoms with Gasteiger partial charge in [0.1, 0.15) is 0 Å². The number of rotatable bonds is 4. The first kappa shape index (κ1) is 14.8. The van der Waals surface area contributed by atoms with Crippen molar-refractivity contribution >= 4 is 0 Å². The first-order valence-electron chi connectivity index (χ1n) is 8.52. The molecular weight excluding hydrogens is 252 g/mol. The second-order valence-corrected chi connectivity index (χ2v) is 6.81. The van der Waals surface area contributed by atoms with Crippen molar-refractivity contribution in [2.75, 3.05) is 32.8 Å². The van der Waals surface area contributed by atoms with Crippen LogP contribution in [0.25, 0.3) is 0 Å². The molecule has 1 unspecified atom stereocenters. The Labute approximate surface area is 123 Å². The van der Waals surface area contributed by atoms with Crippen molar-refractivity contribution in [3.05, 3.63) is 0 Å². The van der Waals surface area contributed by atoms with Gasteiger partial charge in [-0.1, -0.05) is 6.42 Å². The Morgan fingerprint density at radius 1 is 1.10 bits per heavy atom. The minimum absolute atomic E-state index is 0.214. The number of ether oxygens (including phenoxy) is 2. The van der Waals surface area contributed by atoms with Crippen LogP contribution in [0.4, 0.5) is 0 Å². The number of piperidine rings is 1. The lowest BCUT2D eigenvalue weighted by Crippen LogP contribution is -2.48. The smallest absolute Gasteiger partial charge is 0.168 e. The van der Waals surface area contributed by atoms with Crippen LogP contribution in [0.15, 0.2) is 0 Å². The van der Waals surface area contributed by atoms with Crippen molar-refractivity contribution in [3.63, 3.8) is 0 Å². The molecule has 20 heavy (non-hydrogen) atoms. The molecule has 1 aliphatic carbocycles. The Morgan fingerprint density at radius 3 is 2.40 bits per heavy atom. The van der Waals surface area contributed by atoms with Gasteiger partial charge in [0.25, 0.3) is 0 Å². The zero-order valence-corrected chi connectivity index (χ0v) is 12.9. The molecule has 3 rings (SSSR count). The molecule has 0 amide bonds. The lowest BCUT2D eigenvalue weighted by Gasteiger charge is -2.37. The molecule has 2 saturated heterocycles. The highest BCUT2D eigenvalue weighted by molar-refractivity contribution is 4.87.